The maximum Gasteiger partial charge on any atom is 0.355 e. The molecule has 1 unspecified atom stereocenters. The molecule has 144 valence electrons. The van der Waals surface area contributed by atoms with Gasteiger partial charge in [-0.15, -0.1) is 11.3 Å². The monoisotopic (exact) mass is 425 g/mol. The Morgan fingerprint density at radius 1 is 1.56 bits per heavy atom. The molecule has 1 fully saturated rings. The van der Waals surface area contributed by atoms with Gasteiger partial charge in [0.15, 0.2) is 10.0 Å². The number of benzene rings is 1. The van der Waals surface area contributed by atoms with E-state index in [1.165, 1.54) is 28.5 Å². The summed E-state index contributed by atoms with van der Waals surface area (Å²) in [5, 5.41) is 11.1. The lowest BCUT2D eigenvalue weighted by atomic mass is 9.97. The van der Waals surface area contributed by atoms with Crippen molar-refractivity contribution in [3.8, 4) is 0 Å². The van der Waals surface area contributed by atoms with E-state index in [0.717, 1.165) is 17.5 Å². The number of carboxylic acids is 1. The first kappa shape index (κ1) is 20.1. The van der Waals surface area contributed by atoms with E-state index in [1.54, 1.807) is 0 Å². The van der Waals surface area contributed by atoms with E-state index >= 15 is 0 Å². The van der Waals surface area contributed by atoms with Gasteiger partial charge >= 0.3 is 5.97 Å². The minimum Gasteiger partial charge on any atom is -0.476 e. The predicted molar refractivity (Wildman–Crippen MR) is 108 cm³/mol. The maximum atomic E-state index is 12.3. The first-order valence-electron chi connectivity index (χ1n) is 8.49. The molecule has 1 saturated heterocycles. The highest BCUT2D eigenvalue weighted by Crippen LogP contribution is 2.31. The van der Waals surface area contributed by atoms with Gasteiger partial charge in [0.2, 0.25) is 5.91 Å². The van der Waals surface area contributed by atoms with E-state index in [9.17, 15) is 9.59 Å². The summed E-state index contributed by atoms with van der Waals surface area (Å²) in [5.41, 5.74) is 8.43. The molecular weight excluding hydrogens is 406 g/mol. The Morgan fingerprint density at radius 2 is 2.33 bits per heavy atom. The summed E-state index contributed by atoms with van der Waals surface area (Å²) in [6.07, 6.45) is 1.21. The molecule has 2 heterocycles. The molecule has 0 aliphatic carbocycles. The average molecular weight is 426 g/mol. The van der Waals surface area contributed by atoms with Gasteiger partial charge in [0, 0.05) is 29.1 Å². The smallest absolute Gasteiger partial charge is 0.355 e. The molecule has 2 atom stereocenters. The molecule has 0 saturated carbocycles. The number of nitrogens with two attached hydrogens (primary N) is 1. The van der Waals surface area contributed by atoms with E-state index < -0.39 is 5.97 Å². The number of halogens is 1. The third kappa shape index (κ3) is 4.63. The molecule has 9 heteroatoms. The lowest BCUT2D eigenvalue weighted by Crippen LogP contribution is -2.41. The molecule has 1 aliphatic heterocycles. The number of thiazole rings is 1. The number of thioether (sulfide) groups is 1. The van der Waals surface area contributed by atoms with Crippen LogP contribution in [-0.2, 0) is 4.79 Å². The van der Waals surface area contributed by atoms with Crippen molar-refractivity contribution in [2.45, 2.75) is 36.2 Å². The fourth-order valence-electron chi connectivity index (χ4n) is 3.11. The zero-order valence-electron chi connectivity index (χ0n) is 14.7. The molecule has 27 heavy (non-hydrogen) atoms. The number of rotatable bonds is 7. The van der Waals surface area contributed by atoms with Crippen LogP contribution >= 0.6 is 34.7 Å². The lowest BCUT2D eigenvalue weighted by Gasteiger charge is -2.30. The predicted octanol–water partition coefficient (Wildman–Crippen LogP) is 3.59. The summed E-state index contributed by atoms with van der Waals surface area (Å²) in [7, 11) is 0. The third-order valence-electron chi connectivity index (χ3n) is 4.63. The minimum atomic E-state index is -1.03. The van der Waals surface area contributed by atoms with Gasteiger partial charge in [0.1, 0.15) is 0 Å². The number of hydrogen-bond acceptors (Lipinski definition) is 6. The largest absolute Gasteiger partial charge is 0.476 e. The second-order valence-electron chi connectivity index (χ2n) is 6.38. The van der Waals surface area contributed by atoms with E-state index in [0.29, 0.717) is 28.1 Å². The van der Waals surface area contributed by atoms with Crippen molar-refractivity contribution in [1.29, 1.82) is 0 Å². The molecule has 1 aromatic heterocycles. The van der Waals surface area contributed by atoms with Crippen molar-refractivity contribution in [3.05, 3.63) is 45.4 Å². The van der Waals surface area contributed by atoms with E-state index in [1.807, 2.05) is 30.0 Å². The van der Waals surface area contributed by atoms with Crippen LogP contribution in [0, 0.1) is 6.92 Å². The number of aryl methyl sites for hydroxylation is 1. The number of carbonyl (C=O) groups is 2. The minimum absolute atomic E-state index is 0.0518. The summed E-state index contributed by atoms with van der Waals surface area (Å²) in [6.45, 7) is 2.48. The van der Waals surface area contributed by atoms with Crippen LogP contribution < -0.4 is 5.73 Å². The quantitative estimate of drug-likeness (QED) is 0.658. The molecular formula is C18H20ClN3O3S2. The number of aromatic carboxylic acids is 1. The summed E-state index contributed by atoms with van der Waals surface area (Å²) in [6, 6.07) is 5.42. The molecule has 2 aromatic rings. The topological polar surface area (TPSA) is 96.5 Å². The summed E-state index contributed by atoms with van der Waals surface area (Å²) in [4.78, 5) is 29.1. The first-order valence-corrected chi connectivity index (χ1v) is 10.7. The van der Waals surface area contributed by atoms with Crippen LogP contribution in [0.4, 0.5) is 0 Å². The van der Waals surface area contributed by atoms with Gasteiger partial charge in [0.25, 0.3) is 0 Å². The van der Waals surface area contributed by atoms with Crippen LogP contribution in [0.25, 0.3) is 0 Å². The molecule has 6 nitrogen and oxygen atoms in total. The van der Waals surface area contributed by atoms with Gasteiger partial charge in [-0.2, -0.15) is 0 Å². The number of carboxylic acid groups (broad SMARTS) is 1. The highest BCUT2D eigenvalue weighted by Gasteiger charge is 2.35. The highest BCUT2D eigenvalue weighted by atomic mass is 35.5. The number of aromatic nitrogens is 1. The lowest BCUT2D eigenvalue weighted by molar-refractivity contribution is -0.128. The number of nitrogens with zero attached hydrogens (tertiary/aromatic N) is 2. The molecule has 0 spiro atoms. The fraction of sp³-hybridized carbons (Fsp3) is 0.389. The molecule has 3 rings (SSSR count). The van der Waals surface area contributed by atoms with Gasteiger partial charge < -0.3 is 15.7 Å². The standard InChI is InChI=1S/C18H20ClN3O3S2/c1-10-2-3-11(8-12(10)19)16(20)14-4-5-15(23)22(14)6-7-26-18-21-13(9-27-18)17(24)25/h2-3,8-9,14,16H,4-7,20H2,1H3,(H,24,25)/t14-,16?/m1/s1. The Balaban J connectivity index is 1.63. The number of carbonyl (C=O) groups excluding carboxylic acids is 1. The number of amides is 1. The van der Waals surface area contributed by atoms with E-state index in [4.69, 9.17) is 22.4 Å². The molecule has 1 aliphatic rings. The molecule has 0 radical (unpaired) electrons. The van der Waals surface area contributed by atoms with Gasteiger partial charge in [0.05, 0.1) is 12.1 Å². The van der Waals surface area contributed by atoms with Gasteiger partial charge in [-0.05, 0) is 30.5 Å². The highest BCUT2D eigenvalue weighted by molar-refractivity contribution is 8.01. The van der Waals surface area contributed by atoms with Crippen LogP contribution in [0.2, 0.25) is 5.02 Å². The number of likely N-dealkylation sites (tertiary alicyclic amines) is 1. The summed E-state index contributed by atoms with van der Waals surface area (Å²) in [5.74, 6) is -0.300. The van der Waals surface area contributed by atoms with Crippen LogP contribution in [0.3, 0.4) is 0 Å². The Kier molecular flexibility index (Phi) is 6.41. The van der Waals surface area contributed by atoms with Crippen LogP contribution in [0.5, 0.6) is 0 Å². The maximum absolute atomic E-state index is 12.3. The SMILES string of the molecule is Cc1ccc(C(N)[C@H]2CCC(=O)N2CCSc2nc(C(=O)O)cs2)cc1Cl. The van der Waals surface area contributed by atoms with Crippen molar-refractivity contribution in [1.82, 2.24) is 9.88 Å². The Labute approximate surface area is 170 Å². The molecule has 1 amide bonds. The first-order chi connectivity index (χ1) is 12.9. The molecule has 3 N–H and O–H groups in total. The van der Waals surface area contributed by atoms with Crippen molar-refractivity contribution in [2.24, 2.45) is 5.73 Å². The van der Waals surface area contributed by atoms with Gasteiger partial charge in [-0.1, -0.05) is 35.5 Å². The van der Waals surface area contributed by atoms with Gasteiger partial charge in [-0.25, -0.2) is 9.78 Å². The zero-order chi connectivity index (χ0) is 19.6. The van der Waals surface area contributed by atoms with Crippen LogP contribution in [0.15, 0.2) is 27.9 Å². The Hall–Kier alpha value is -1.61. The van der Waals surface area contributed by atoms with Crippen molar-refractivity contribution in [2.75, 3.05) is 12.3 Å². The van der Waals surface area contributed by atoms with Crippen LogP contribution in [-0.4, -0.2) is 45.2 Å². The normalized spacial score (nSPS) is 18.1. The fourth-order valence-corrected chi connectivity index (χ4v) is 5.11. The average Bonchev–Trinajstić information content (AvgIpc) is 3.24. The van der Waals surface area contributed by atoms with Crippen LogP contribution in [0.1, 0.15) is 40.5 Å². The zero-order valence-corrected chi connectivity index (χ0v) is 17.1. The van der Waals surface area contributed by atoms with E-state index in [-0.39, 0.29) is 23.7 Å². The third-order valence-corrected chi connectivity index (χ3v) is 7.04. The van der Waals surface area contributed by atoms with Crippen molar-refractivity contribution < 1.29 is 14.7 Å². The second kappa shape index (κ2) is 8.60. The summed E-state index contributed by atoms with van der Waals surface area (Å²) >= 11 is 8.96. The number of hydrogen-bond donors (Lipinski definition) is 2. The summed E-state index contributed by atoms with van der Waals surface area (Å²) < 4.78 is 0.685. The Bertz CT molecular complexity index is 858. The van der Waals surface area contributed by atoms with E-state index in [2.05, 4.69) is 4.98 Å². The second-order valence-corrected chi connectivity index (χ2v) is 8.99. The Morgan fingerprint density at radius 3 is 3.00 bits per heavy atom. The molecule has 1 aromatic carbocycles. The van der Waals surface area contributed by atoms with Crippen molar-refractivity contribution in [3.63, 3.8) is 0 Å². The van der Waals surface area contributed by atoms with Gasteiger partial charge in [-0.3, -0.25) is 4.79 Å². The van der Waals surface area contributed by atoms with Crippen molar-refractivity contribution >= 4 is 46.6 Å². The molecule has 0 bridgehead atoms.